The van der Waals surface area contributed by atoms with E-state index in [0.29, 0.717) is 32.1 Å². The van der Waals surface area contributed by atoms with E-state index in [2.05, 4.69) is 50.9 Å². The number of anilines is 1. The number of fused-ring (bicyclic) bond motifs is 2. The number of aromatic nitrogens is 2. The molecule has 5 heterocycles. The fourth-order valence-electron chi connectivity index (χ4n) is 8.41. The van der Waals surface area contributed by atoms with Crippen molar-refractivity contribution in [3.05, 3.63) is 59.3 Å². The van der Waals surface area contributed by atoms with Crippen molar-refractivity contribution in [3.63, 3.8) is 0 Å². The number of nitrogens with one attached hydrogen (secondary N) is 3. The molecular formula is C37H50N8O3. The molecule has 2 aromatic carbocycles. The number of aryl methyl sites for hydroxylation is 1. The van der Waals surface area contributed by atoms with Crippen LogP contribution in [0.2, 0.25) is 0 Å². The second-order valence-electron chi connectivity index (χ2n) is 14.2. The zero-order valence-corrected chi connectivity index (χ0v) is 28.3. The van der Waals surface area contributed by atoms with E-state index in [0.717, 1.165) is 105 Å². The number of benzene rings is 2. The van der Waals surface area contributed by atoms with Gasteiger partial charge in [-0.2, -0.15) is 5.10 Å². The minimum absolute atomic E-state index is 0.0348. The molecule has 0 radical (unpaired) electrons. The Morgan fingerprint density at radius 1 is 0.917 bits per heavy atom. The maximum Gasteiger partial charge on any atom is 0.322 e. The number of para-hydroxylation sites is 1. The average Bonchev–Trinajstić information content (AvgIpc) is 3.32. The molecular weight excluding hydrogens is 604 g/mol. The number of hydrogen-bond donors (Lipinski definition) is 3. The summed E-state index contributed by atoms with van der Waals surface area (Å²) < 4.78 is 0. The first kappa shape index (κ1) is 32.6. The Morgan fingerprint density at radius 3 is 2.52 bits per heavy atom. The number of piperidine rings is 2. The fraction of sp³-hybridized carbons (Fsp3) is 0.568. The van der Waals surface area contributed by atoms with E-state index < -0.39 is 5.92 Å². The fourth-order valence-corrected chi connectivity index (χ4v) is 8.41. The lowest BCUT2D eigenvalue weighted by molar-refractivity contribution is -0.143. The highest BCUT2D eigenvalue weighted by Gasteiger charge is 2.35. The van der Waals surface area contributed by atoms with Crippen LogP contribution in [0, 0.1) is 12.8 Å². The van der Waals surface area contributed by atoms with Gasteiger partial charge >= 0.3 is 6.03 Å². The summed E-state index contributed by atoms with van der Waals surface area (Å²) in [5.74, 6) is -0.291. The molecule has 11 nitrogen and oxygen atoms in total. The van der Waals surface area contributed by atoms with Gasteiger partial charge in [0, 0.05) is 75.4 Å². The lowest BCUT2D eigenvalue weighted by atomic mass is 9.91. The van der Waals surface area contributed by atoms with E-state index in [1.165, 1.54) is 6.42 Å². The van der Waals surface area contributed by atoms with Gasteiger partial charge in [0.05, 0.1) is 17.6 Å². The van der Waals surface area contributed by atoms with Gasteiger partial charge in [-0.1, -0.05) is 24.3 Å². The Labute approximate surface area is 283 Å². The number of aromatic amines is 1. The number of urea groups is 1. The minimum Gasteiger partial charge on any atom is -0.343 e. The molecule has 256 valence electrons. The van der Waals surface area contributed by atoms with E-state index in [9.17, 15) is 14.4 Å². The third-order valence-corrected chi connectivity index (χ3v) is 11.1. The van der Waals surface area contributed by atoms with Crippen LogP contribution in [0.15, 0.2) is 42.6 Å². The lowest BCUT2D eigenvalue weighted by Crippen LogP contribution is -2.51. The molecule has 0 aliphatic carbocycles. The van der Waals surface area contributed by atoms with Crippen LogP contribution in [-0.2, 0) is 22.4 Å². The van der Waals surface area contributed by atoms with Crippen molar-refractivity contribution < 1.29 is 14.4 Å². The van der Waals surface area contributed by atoms with E-state index in [-0.39, 0.29) is 30.3 Å². The molecule has 0 bridgehead atoms. The van der Waals surface area contributed by atoms with Crippen molar-refractivity contribution in [3.8, 4) is 0 Å². The predicted octanol–water partition coefficient (Wildman–Crippen LogP) is 3.79. The first-order valence-electron chi connectivity index (χ1n) is 18.0. The third-order valence-electron chi connectivity index (χ3n) is 11.1. The second kappa shape index (κ2) is 14.7. The quantitative estimate of drug-likeness (QED) is 0.357. The molecule has 3 fully saturated rings. The van der Waals surface area contributed by atoms with Crippen LogP contribution in [0.4, 0.5) is 10.5 Å². The molecule has 7 rings (SSSR count). The molecule has 4 amide bonds. The number of rotatable bonds is 7. The summed E-state index contributed by atoms with van der Waals surface area (Å²) in [5, 5.41) is 14.9. The number of nitrogens with zero attached hydrogens (tertiary/aromatic N) is 5. The van der Waals surface area contributed by atoms with E-state index in [4.69, 9.17) is 0 Å². The van der Waals surface area contributed by atoms with Gasteiger partial charge in [-0.15, -0.1) is 0 Å². The number of carbonyl (C=O) groups excluding carboxylic acids is 3. The summed E-state index contributed by atoms with van der Waals surface area (Å²) in [6, 6.07) is 12.8. The number of carbonyl (C=O) groups is 3. The maximum atomic E-state index is 14.2. The first-order valence-corrected chi connectivity index (χ1v) is 18.0. The molecule has 48 heavy (non-hydrogen) atoms. The Bertz CT molecular complexity index is 1600. The second-order valence-corrected chi connectivity index (χ2v) is 14.2. The van der Waals surface area contributed by atoms with Crippen LogP contribution in [0.3, 0.4) is 0 Å². The normalized spacial score (nSPS) is 21.0. The molecule has 0 saturated carbocycles. The number of amides is 4. The lowest BCUT2D eigenvalue weighted by Gasteiger charge is -2.40. The van der Waals surface area contributed by atoms with Gasteiger partial charge in [0.2, 0.25) is 11.8 Å². The summed E-state index contributed by atoms with van der Waals surface area (Å²) in [5.41, 5.74) is 5.20. The minimum atomic E-state index is -0.423. The van der Waals surface area contributed by atoms with Gasteiger partial charge in [0.15, 0.2) is 0 Å². The molecule has 0 spiro atoms. The molecule has 3 saturated heterocycles. The van der Waals surface area contributed by atoms with Crippen LogP contribution in [0.25, 0.3) is 10.9 Å². The SMILES string of the molecule is Cc1cc(CC(CC(=O)N2CCC(N3CCc4ccccc4NC3=O)CC2)C(=O)N2CCC(N3CCCNCC3)CC2)cc2cn[nH]c12. The van der Waals surface area contributed by atoms with Crippen molar-refractivity contribution in [2.45, 2.75) is 70.4 Å². The van der Waals surface area contributed by atoms with Crippen LogP contribution in [0.1, 0.15) is 55.2 Å². The molecule has 1 aromatic heterocycles. The zero-order valence-electron chi connectivity index (χ0n) is 28.3. The van der Waals surface area contributed by atoms with E-state index in [1.54, 1.807) is 0 Å². The van der Waals surface area contributed by atoms with Gasteiger partial charge in [-0.05, 0) is 93.8 Å². The summed E-state index contributed by atoms with van der Waals surface area (Å²) >= 11 is 0. The van der Waals surface area contributed by atoms with Crippen molar-refractivity contribution in [1.29, 1.82) is 0 Å². The van der Waals surface area contributed by atoms with Crippen LogP contribution < -0.4 is 10.6 Å². The predicted molar refractivity (Wildman–Crippen MR) is 187 cm³/mol. The Hall–Kier alpha value is -3.96. The maximum absolute atomic E-state index is 14.2. The van der Waals surface area contributed by atoms with Crippen molar-refractivity contribution >= 4 is 34.4 Å². The Morgan fingerprint density at radius 2 is 1.69 bits per heavy atom. The summed E-state index contributed by atoms with van der Waals surface area (Å²) in [4.78, 5) is 49.8. The zero-order chi connectivity index (χ0) is 33.0. The molecule has 1 unspecified atom stereocenters. The van der Waals surface area contributed by atoms with Crippen LogP contribution in [-0.4, -0.2) is 119 Å². The first-order chi connectivity index (χ1) is 23.4. The van der Waals surface area contributed by atoms with Gasteiger partial charge in [0.25, 0.3) is 0 Å². The highest BCUT2D eigenvalue weighted by atomic mass is 16.2. The molecule has 3 aromatic rings. The van der Waals surface area contributed by atoms with Gasteiger partial charge < -0.3 is 25.3 Å². The van der Waals surface area contributed by atoms with Crippen molar-refractivity contribution in [2.24, 2.45) is 5.92 Å². The number of H-pyrrole nitrogens is 1. The number of hydrogen-bond acceptors (Lipinski definition) is 6. The standard InChI is InChI=1S/C37H50N8O3/c1-26-21-27(23-30-25-39-41-35(26)30)22-29(36(47)44-17-8-31(9-18-44)42-14-4-12-38-13-20-42)24-34(46)43-15-10-32(11-16-43)45-19-7-28-5-2-3-6-33(28)40-37(45)48/h2-3,5-6,21,23,25,29,31-32,38H,4,7-20,22,24H2,1H3,(H,39,41)(H,40,48). The van der Waals surface area contributed by atoms with Gasteiger partial charge in [-0.3, -0.25) is 19.6 Å². The summed E-state index contributed by atoms with van der Waals surface area (Å²) in [7, 11) is 0. The summed E-state index contributed by atoms with van der Waals surface area (Å²) in [6.45, 7) is 9.69. The van der Waals surface area contributed by atoms with Crippen LogP contribution in [0.5, 0.6) is 0 Å². The topological polar surface area (TPSA) is 117 Å². The van der Waals surface area contributed by atoms with Crippen molar-refractivity contribution in [1.82, 2.24) is 35.1 Å². The third kappa shape index (κ3) is 7.22. The van der Waals surface area contributed by atoms with E-state index in [1.807, 2.05) is 39.1 Å². The molecule has 11 heteroatoms. The Balaban J connectivity index is 0.999. The van der Waals surface area contributed by atoms with Gasteiger partial charge in [0.1, 0.15) is 0 Å². The monoisotopic (exact) mass is 654 g/mol. The molecule has 1 atom stereocenters. The smallest absolute Gasteiger partial charge is 0.322 e. The largest absolute Gasteiger partial charge is 0.343 e. The van der Waals surface area contributed by atoms with Crippen LogP contribution >= 0.6 is 0 Å². The molecule has 4 aliphatic rings. The Kier molecular flexibility index (Phi) is 9.95. The number of likely N-dealkylation sites (tertiary alicyclic amines) is 2. The van der Waals surface area contributed by atoms with E-state index >= 15 is 0 Å². The average molecular weight is 655 g/mol. The highest BCUT2D eigenvalue weighted by molar-refractivity contribution is 5.91. The summed E-state index contributed by atoms with van der Waals surface area (Å²) in [6.07, 6.45) is 7.97. The highest BCUT2D eigenvalue weighted by Crippen LogP contribution is 2.28. The van der Waals surface area contributed by atoms with Crippen molar-refractivity contribution in [2.75, 3.05) is 64.2 Å². The van der Waals surface area contributed by atoms with Gasteiger partial charge in [-0.25, -0.2) is 4.79 Å². The molecule has 3 N–H and O–H groups in total. The molecule has 4 aliphatic heterocycles.